The molecule has 2 atom stereocenters. The molecule has 2 aromatic rings. The molecule has 0 spiro atoms. The number of likely N-dealkylation sites (tertiary alicyclic amines) is 1. The second kappa shape index (κ2) is 9.58. The van der Waals surface area contributed by atoms with E-state index in [2.05, 4.69) is 5.32 Å². The van der Waals surface area contributed by atoms with Gasteiger partial charge in [-0.1, -0.05) is 18.6 Å². The van der Waals surface area contributed by atoms with Gasteiger partial charge in [0.2, 0.25) is 15.9 Å². The molecule has 0 unspecified atom stereocenters. The number of hydrogen-bond acceptors (Lipinski definition) is 5. The minimum absolute atomic E-state index is 0.0317. The lowest BCUT2D eigenvalue weighted by Crippen LogP contribution is -2.52. The van der Waals surface area contributed by atoms with Gasteiger partial charge in [0.25, 0.3) is 5.91 Å². The summed E-state index contributed by atoms with van der Waals surface area (Å²) in [6.07, 6.45) is 2.65. The summed E-state index contributed by atoms with van der Waals surface area (Å²) in [6, 6.07) is 10.5. The van der Waals surface area contributed by atoms with Crippen molar-refractivity contribution in [1.29, 1.82) is 0 Å². The van der Waals surface area contributed by atoms with Gasteiger partial charge in [-0.3, -0.25) is 9.59 Å². The van der Waals surface area contributed by atoms with Crippen molar-refractivity contribution >= 4 is 27.5 Å². The number of nitrogens with one attached hydrogen (secondary N) is 1. The minimum Gasteiger partial charge on any atom is -0.340 e. The Hall–Kier alpha value is -2.82. The first-order chi connectivity index (χ1) is 15.8. The molecule has 2 aliphatic rings. The maximum absolute atomic E-state index is 13.8. The normalized spacial score (nSPS) is 21.7. The Morgan fingerprint density at radius 3 is 2.39 bits per heavy atom. The molecule has 2 amide bonds. The lowest BCUT2D eigenvalue weighted by atomic mass is 10.0. The molecule has 176 valence electrons. The van der Waals surface area contributed by atoms with Crippen molar-refractivity contribution < 1.29 is 22.4 Å². The van der Waals surface area contributed by atoms with Crippen LogP contribution in [0.5, 0.6) is 0 Å². The van der Waals surface area contributed by atoms with Gasteiger partial charge in [0.15, 0.2) is 0 Å². The Morgan fingerprint density at radius 1 is 1.00 bits per heavy atom. The maximum Gasteiger partial charge on any atom is 0.258 e. The highest BCUT2D eigenvalue weighted by molar-refractivity contribution is 7.89. The van der Waals surface area contributed by atoms with E-state index >= 15 is 0 Å². The molecule has 0 aliphatic carbocycles. The average Bonchev–Trinajstić information content (AvgIpc) is 3.25. The number of halogens is 1. The van der Waals surface area contributed by atoms with Crippen LogP contribution in [0.1, 0.15) is 36.0 Å². The summed E-state index contributed by atoms with van der Waals surface area (Å²) in [6.45, 7) is 1.25. The van der Waals surface area contributed by atoms with Crippen molar-refractivity contribution in [2.45, 2.75) is 42.7 Å². The summed E-state index contributed by atoms with van der Waals surface area (Å²) in [4.78, 5) is 27.0. The van der Waals surface area contributed by atoms with Gasteiger partial charge in [-0.25, -0.2) is 12.8 Å². The second-order valence-electron chi connectivity index (χ2n) is 8.42. The summed E-state index contributed by atoms with van der Waals surface area (Å²) < 4.78 is 41.9. The number of rotatable bonds is 5. The molecule has 8 nitrogen and oxygen atoms in total. The third-order valence-corrected chi connectivity index (χ3v) is 8.03. The van der Waals surface area contributed by atoms with E-state index in [1.165, 1.54) is 46.8 Å². The first-order valence-electron chi connectivity index (χ1n) is 11.0. The minimum atomic E-state index is -3.92. The third kappa shape index (κ3) is 4.92. The van der Waals surface area contributed by atoms with Crippen LogP contribution in [0, 0.1) is 5.82 Å². The van der Waals surface area contributed by atoms with E-state index in [9.17, 15) is 22.4 Å². The molecule has 2 heterocycles. The van der Waals surface area contributed by atoms with Crippen molar-refractivity contribution in [1.82, 2.24) is 9.21 Å². The number of nitrogens with zero attached hydrogens (tertiary/aromatic N) is 2. The zero-order chi connectivity index (χ0) is 23.6. The molecular weight excluding hydrogens is 447 g/mol. The van der Waals surface area contributed by atoms with Crippen LogP contribution < -0.4 is 11.1 Å². The predicted molar refractivity (Wildman–Crippen MR) is 121 cm³/mol. The summed E-state index contributed by atoms with van der Waals surface area (Å²) >= 11 is 0. The summed E-state index contributed by atoms with van der Waals surface area (Å²) in [5.41, 5.74) is 6.15. The monoisotopic (exact) mass is 474 g/mol. The van der Waals surface area contributed by atoms with Gasteiger partial charge in [-0.05, 0) is 55.7 Å². The Bertz CT molecular complexity index is 1140. The largest absolute Gasteiger partial charge is 0.340 e. The number of hydrogen-bond donors (Lipinski definition) is 2. The Morgan fingerprint density at radius 2 is 1.73 bits per heavy atom. The highest BCUT2D eigenvalue weighted by Crippen LogP contribution is 2.28. The standard InChI is InChI=1S/C23H27FN4O4S/c24-20-6-2-1-5-19(20)22(29)26-17-8-10-18(11-9-17)33(31,32)28-13-4-3-7-21(28)23(30)27-14-12-16(25)15-27/h1-2,5-6,8-11,16,21H,3-4,7,12-15,25H2,(H,26,29)/t16-,21-/m0/s1. The van der Waals surface area contributed by atoms with Crippen LogP contribution in [0.3, 0.4) is 0 Å². The molecular formula is C23H27FN4O4S. The molecule has 2 aromatic carbocycles. The van der Waals surface area contributed by atoms with E-state index in [1.807, 2.05) is 0 Å². The Labute approximate surface area is 192 Å². The van der Waals surface area contributed by atoms with E-state index in [1.54, 1.807) is 11.0 Å². The number of piperidine rings is 1. The zero-order valence-electron chi connectivity index (χ0n) is 18.1. The van der Waals surface area contributed by atoms with Crippen LogP contribution in [0.15, 0.2) is 53.4 Å². The summed E-state index contributed by atoms with van der Waals surface area (Å²) in [7, 11) is -3.92. The van der Waals surface area contributed by atoms with Crippen LogP contribution in [0.2, 0.25) is 0 Å². The van der Waals surface area contributed by atoms with Crippen LogP contribution in [0.25, 0.3) is 0 Å². The van der Waals surface area contributed by atoms with Gasteiger partial charge in [0.05, 0.1) is 10.5 Å². The molecule has 0 aromatic heterocycles. The number of carbonyl (C=O) groups is 2. The molecule has 2 saturated heterocycles. The second-order valence-corrected chi connectivity index (χ2v) is 10.3. The van der Waals surface area contributed by atoms with Gasteiger partial charge >= 0.3 is 0 Å². The molecule has 0 radical (unpaired) electrons. The Balaban J connectivity index is 1.50. The van der Waals surface area contributed by atoms with Crippen molar-refractivity contribution in [3.63, 3.8) is 0 Å². The van der Waals surface area contributed by atoms with Crippen LogP contribution in [0.4, 0.5) is 10.1 Å². The molecule has 2 fully saturated rings. The van der Waals surface area contributed by atoms with Gasteiger partial charge in [0.1, 0.15) is 11.9 Å². The first-order valence-corrected chi connectivity index (χ1v) is 12.4. The van der Waals surface area contributed by atoms with Crippen LogP contribution >= 0.6 is 0 Å². The van der Waals surface area contributed by atoms with E-state index in [0.29, 0.717) is 38.0 Å². The molecule has 0 bridgehead atoms. The molecule has 3 N–H and O–H groups in total. The smallest absolute Gasteiger partial charge is 0.258 e. The molecule has 2 aliphatic heterocycles. The van der Waals surface area contributed by atoms with Gasteiger partial charge in [-0.2, -0.15) is 4.31 Å². The number of sulfonamides is 1. The molecule has 4 rings (SSSR count). The maximum atomic E-state index is 13.8. The third-order valence-electron chi connectivity index (χ3n) is 6.11. The fourth-order valence-electron chi connectivity index (χ4n) is 4.33. The molecule has 10 heteroatoms. The highest BCUT2D eigenvalue weighted by atomic mass is 32.2. The van der Waals surface area contributed by atoms with Crippen LogP contribution in [-0.2, 0) is 14.8 Å². The molecule has 33 heavy (non-hydrogen) atoms. The SMILES string of the molecule is N[C@H]1CCN(C(=O)[C@@H]2CCCCN2S(=O)(=O)c2ccc(NC(=O)c3ccccc3F)cc2)C1. The number of amides is 2. The van der Waals surface area contributed by atoms with E-state index in [-0.39, 0.29) is 29.0 Å². The zero-order valence-corrected chi connectivity index (χ0v) is 18.9. The topological polar surface area (TPSA) is 113 Å². The first kappa shape index (κ1) is 23.3. The number of anilines is 1. The van der Waals surface area contributed by atoms with Crippen LogP contribution in [-0.4, -0.2) is 61.2 Å². The highest BCUT2D eigenvalue weighted by Gasteiger charge is 2.40. The summed E-state index contributed by atoms with van der Waals surface area (Å²) in [5, 5.41) is 2.57. The van der Waals surface area contributed by atoms with Gasteiger partial charge in [-0.15, -0.1) is 0 Å². The quantitative estimate of drug-likeness (QED) is 0.690. The van der Waals surface area contributed by atoms with Crippen molar-refractivity contribution in [2.75, 3.05) is 25.0 Å². The lowest BCUT2D eigenvalue weighted by molar-refractivity contribution is -0.135. The van der Waals surface area contributed by atoms with E-state index < -0.39 is 27.8 Å². The number of carbonyl (C=O) groups excluding carboxylic acids is 2. The summed E-state index contributed by atoms with van der Waals surface area (Å²) in [5.74, 6) is -1.47. The number of nitrogens with two attached hydrogens (primary N) is 1. The average molecular weight is 475 g/mol. The number of benzene rings is 2. The van der Waals surface area contributed by atoms with Crippen molar-refractivity contribution in [2.24, 2.45) is 5.73 Å². The van der Waals surface area contributed by atoms with E-state index in [4.69, 9.17) is 5.73 Å². The van der Waals surface area contributed by atoms with Gasteiger partial charge in [0, 0.05) is 31.4 Å². The van der Waals surface area contributed by atoms with E-state index in [0.717, 1.165) is 6.42 Å². The lowest BCUT2D eigenvalue weighted by Gasteiger charge is -2.35. The van der Waals surface area contributed by atoms with Gasteiger partial charge < -0.3 is 16.0 Å². The van der Waals surface area contributed by atoms with Crippen molar-refractivity contribution in [3.8, 4) is 0 Å². The van der Waals surface area contributed by atoms with Crippen molar-refractivity contribution in [3.05, 3.63) is 59.9 Å². The Kier molecular flexibility index (Phi) is 6.78. The molecule has 0 saturated carbocycles. The fraction of sp³-hybridized carbons (Fsp3) is 0.391. The fourth-order valence-corrected chi connectivity index (χ4v) is 5.98. The predicted octanol–water partition coefficient (Wildman–Crippen LogP) is 2.18.